The van der Waals surface area contributed by atoms with Crippen molar-refractivity contribution in [3.8, 4) is 5.75 Å². The zero-order valence-electron chi connectivity index (χ0n) is 11.8. The largest absolute Gasteiger partial charge is 0.497 e. The molecule has 0 bridgehead atoms. The van der Waals surface area contributed by atoms with E-state index in [4.69, 9.17) is 9.47 Å². The first-order valence-electron chi connectivity index (χ1n) is 6.74. The van der Waals surface area contributed by atoms with E-state index in [0.29, 0.717) is 26.1 Å². The number of hydrogen-bond acceptors (Lipinski definition) is 4. The van der Waals surface area contributed by atoms with Gasteiger partial charge in [0.05, 0.1) is 13.7 Å². The summed E-state index contributed by atoms with van der Waals surface area (Å²) >= 11 is 0. The third kappa shape index (κ3) is 3.10. The highest BCUT2D eigenvalue weighted by molar-refractivity contribution is 5.99. The average Bonchev–Trinajstić information content (AvgIpc) is 2.81. The van der Waals surface area contributed by atoms with Gasteiger partial charge in [-0.05, 0) is 31.0 Å². The zero-order chi connectivity index (χ0) is 14.5. The topological polar surface area (TPSA) is 55.8 Å². The molecule has 1 aliphatic heterocycles. The van der Waals surface area contributed by atoms with Crippen molar-refractivity contribution in [3.05, 3.63) is 29.8 Å². The van der Waals surface area contributed by atoms with Crippen molar-refractivity contribution in [3.63, 3.8) is 0 Å². The number of hydrogen-bond donors (Lipinski definition) is 0. The molecule has 0 saturated carbocycles. The van der Waals surface area contributed by atoms with Gasteiger partial charge >= 0.3 is 5.97 Å². The lowest BCUT2D eigenvalue weighted by molar-refractivity contribution is -0.152. The van der Waals surface area contributed by atoms with Crippen LogP contribution in [-0.2, 0) is 20.9 Å². The van der Waals surface area contributed by atoms with E-state index in [9.17, 15) is 9.59 Å². The van der Waals surface area contributed by atoms with Gasteiger partial charge in [-0.3, -0.25) is 9.59 Å². The van der Waals surface area contributed by atoms with Gasteiger partial charge in [-0.2, -0.15) is 0 Å². The number of benzene rings is 1. The minimum absolute atomic E-state index is 0.140. The Kier molecular flexibility index (Phi) is 4.61. The normalized spacial score (nSPS) is 18.2. The average molecular weight is 277 g/mol. The minimum Gasteiger partial charge on any atom is -0.497 e. The van der Waals surface area contributed by atoms with Gasteiger partial charge < -0.3 is 14.4 Å². The van der Waals surface area contributed by atoms with Gasteiger partial charge in [-0.15, -0.1) is 0 Å². The van der Waals surface area contributed by atoms with Crippen molar-refractivity contribution < 1.29 is 19.1 Å². The van der Waals surface area contributed by atoms with E-state index in [1.54, 1.807) is 18.9 Å². The summed E-state index contributed by atoms with van der Waals surface area (Å²) in [6.45, 7) is 3.15. The summed E-state index contributed by atoms with van der Waals surface area (Å²) in [5.41, 5.74) is 1.02. The molecule has 1 aromatic carbocycles. The second-order valence-electron chi connectivity index (χ2n) is 4.70. The smallest absolute Gasteiger partial charge is 0.318 e. The summed E-state index contributed by atoms with van der Waals surface area (Å²) in [5.74, 6) is -0.395. The molecule has 5 nitrogen and oxygen atoms in total. The highest BCUT2D eigenvalue weighted by atomic mass is 16.5. The van der Waals surface area contributed by atoms with Crippen LogP contribution in [0.15, 0.2) is 24.3 Å². The molecule has 0 N–H and O–H groups in total. The van der Waals surface area contributed by atoms with E-state index in [-0.39, 0.29) is 5.91 Å². The molecule has 2 rings (SSSR count). The molecule has 1 unspecified atom stereocenters. The lowest BCUT2D eigenvalue weighted by Crippen LogP contribution is -2.30. The Morgan fingerprint density at radius 2 is 2.05 bits per heavy atom. The predicted molar refractivity (Wildman–Crippen MR) is 73.2 cm³/mol. The third-order valence-corrected chi connectivity index (χ3v) is 3.40. The lowest BCUT2D eigenvalue weighted by Gasteiger charge is -2.16. The molecule has 0 spiro atoms. The number of carbonyl (C=O) groups excluding carboxylic acids is 2. The van der Waals surface area contributed by atoms with Crippen LogP contribution >= 0.6 is 0 Å². The second kappa shape index (κ2) is 6.41. The standard InChI is InChI=1S/C15H19NO4/c1-3-20-15(18)13-8-9-16(14(13)17)10-11-4-6-12(19-2)7-5-11/h4-7,13H,3,8-10H2,1-2H3. The Hall–Kier alpha value is -2.04. The highest BCUT2D eigenvalue weighted by Gasteiger charge is 2.37. The molecule has 0 aromatic heterocycles. The number of amides is 1. The number of nitrogens with zero attached hydrogens (tertiary/aromatic N) is 1. The van der Waals surface area contributed by atoms with Crippen LogP contribution in [0, 0.1) is 5.92 Å². The molecule has 0 radical (unpaired) electrons. The maximum atomic E-state index is 12.1. The molecular formula is C15H19NO4. The fraction of sp³-hybridized carbons (Fsp3) is 0.467. The first kappa shape index (κ1) is 14.4. The fourth-order valence-electron chi connectivity index (χ4n) is 2.31. The number of esters is 1. The Bertz CT molecular complexity index is 483. The summed E-state index contributed by atoms with van der Waals surface area (Å²) in [4.78, 5) is 25.5. The molecule has 1 atom stereocenters. The highest BCUT2D eigenvalue weighted by Crippen LogP contribution is 2.22. The first-order valence-corrected chi connectivity index (χ1v) is 6.74. The van der Waals surface area contributed by atoms with Crippen molar-refractivity contribution in [1.29, 1.82) is 0 Å². The number of rotatable bonds is 5. The summed E-state index contributed by atoms with van der Waals surface area (Å²) in [5, 5.41) is 0. The molecular weight excluding hydrogens is 258 g/mol. The van der Waals surface area contributed by atoms with Gasteiger partial charge in [-0.1, -0.05) is 12.1 Å². The van der Waals surface area contributed by atoms with E-state index in [0.717, 1.165) is 11.3 Å². The number of ether oxygens (including phenoxy) is 2. The molecule has 1 heterocycles. The van der Waals surface area contributed by atoms with Gasteiger partial charge in [0.2, 0.25) is 5.91 Å². The Morgan fingerprint density at radius 1 is 1.35 bits per heavy atom. The van der Waals surface area contributed by atoms with Gasteiger partial charge in [-0.25, -0.2) is 0 Å². The van der Waals surface area contributed by atoms with Gasteiger partial charge in [0.1, 0.15) is 11.7 Å². The monoisotopic (exact) mass is 277 g/mol. The van der Waals surface area contributed by atoms with Crippen molar-refractivity contribution in [1.82, 2.24) is 4.90 Å². The quantitative estimate of drug-likeness (QED) is 0.606. The van der Waals surface area contributed by atoms with Crippen LogP contribution in [0.2, 0.25) is 0 Å². The van der Waals surface area contributed by atoms with E-state index in [1.807, 2.05) is 24.3 Å². The van der Waals surface area contributed by atoms with Crippen molar-refractivity contribution >= 4 is 11.9 Å². The first-order chi connectivity index (χ1) is 9.65. The summed E-state index contributed by atoms with van der Waals surface area (Å²) in [7, 11) is 1.61. The van der Waals surface area contributed by atoms with Gasteiger partial charge in [0.25, 0.3) is 0 Å². The van der Waals surface area contributed by atoms with Crippen molar-refractivity contribution in [2.24, 2.45) is 5.92 Å². The van der Waals surface area contributed by atoms with E-state index in [2.05, 4.69) is 0 Å². The number of carbonyl (C=O) groups is 2. The molecule has 5 heteroatoms. The van der Waals surface area contributed by atoms with Crippen molar-refractivity contribution in [2.45, 2.75) is 19.9 Å². The maximum absolute atomic E-state index is 12.1. The van der Waals surface area contributed by atoms with Crippen molar-refractivity contribution in [2.75, 3.05) is 20.3 Å². The maximum Gasteiger partial charge on any atom is 0.318 e. The number of likely N-dealkylation sites (tertiary alicyclic amines) is 1. The minimum atomic E-state index is -0.631. The predicted octanol–water partition coefficient (Wildman–Crippen LogP) is 1.61. The molecule has 0 aliphatic carbocycles. The lowest BCUT2D eigenvalue weighted by atomic mass is 10.1. The van der Waals surface area contributed by atoms with E-state index in [1.165, 1.54) is 0 Å². The molecule has 20 heavy (non-hydrogen) atoms. The third-order valence-electron chi connectivity index (χ3n) is 3.40. The van der Waals surface area contributed by atoms with Crippen LogP contribution < -0.4 is 4.74 Å². The molecule has 1 aromatic rings. The molecule has 1 saturated heterocycles. The van der Waals surface area contributed by atoms with Gasteiger partial charge in [0.15, 0.2) is 0 Å². The fourth-order valence-corrected chi connectivity index (χ4v) is 2.31. The van der Waals surface area contributed by atoms with Crippen LogP contribution in [0.1, 0.15) is 18.9 Å². The van der Waals surface area contributed by atoms with Crippen LogP contribution in [0.25, 0.3) is 0 Å². The van der Waals surface area contributed by atoms with E-state index >= 15 is 0 Å². The Labute approximate surface area is 118 Å². The summed E-state index contributed by atoms with van der Waals surface area (Å²) in [6.07, 6.45) is 0.536. The van der Waals surface area contributed by atoms with E-state index < -0.39 is 11.9 Å². The molecule has 1 aliphatic rings. The molecule has 108 valence electrons. The van der Waals surface area contributed by atoms with Gasteiger partial charge in [0, 0.05) is 13.1 Å². The molecule has 1 fully saturated rings. The zero-order valence-corrected chi connectivity index (χ0v) is 11.8. The SMILES string of the molecule is CCOC(=O)C1CCN(Cc2ccc(OC)cc2)C1=O. The van der Waals surface area contributed by atoms with Crippen LogP contribution in [0.3, 0.4) is 0 Å². The van der Waals surface area contributed by atoms with Crippen LogP contribution in [-0.4, -0.2) is 37.0 Å². The molecule has 1 amide bonds. The Balaban J connectivity index is 1.97. The summed E-state index contributed by atoms with van der Waals surface area (Å²) in [6, 6.07) is 7.56. The van der Waals surface area contributed by atoms with Crippen LogP contribution in [0.4, 0.5) is 0 Å². The Morgan fingerprint density at radius 3 is 2.65 bits per heavy atom. The summed E-state index contributed by atoms with van der Waals surface area (Å²) < 4.78 is 10.0. The van der Waals surface area contributed by atoms with Crippen LogP contribution in [0.5, 0.6) is 5.75 Å². The number of methoxy groups -OCH3 is 1. The second-order valence-corrected chi connectivity index (χ2v) is 4.70.